The predicted molar refractivity (Wildman–Crippen MR) is 73.1 cm³/mol. The highest BCUT2D eigenvalue weighted by atomic mass is 16.4. The molecule has 17 heavy (non-hydrogen) atoms. The second kappa shape index (κ2) is 6.48. The summed E-state index contributed by atoms with van der Waals surface area (Å²) in [6.45, 7) is 7.55. The molecule has 0 saturated heterocycles. The van der Waals surface area contributed by atoms with Gasteiger partial charge in [0.25, 0.3) is 0 Å². The highest BCUT2D eigenvalue weighted by molar-refractivity contribution is 5.78. The third kappa shape index (κ3) is 3.18. The molecule has 2 aromatic rings. The van der Waals surface area contributed by atoms with Gasteiger partial charge in [-0.2, -0.15) is 0 Å². The zero-order chi connectivity index (χ0) is 12.7. The first-order valence-electron chi connectivity index (χ1n) is 5.63. The summed E-state index contributed by atoms with van der Waals surface area (Å²) in [7, 11) is 0. The molecule has 2 rings (SSSR count). The van der Waals surface area contributed by atoms with Crippen molar-refractivity contribution in [3.8, 4) is 0 Å². The predicted octanol–water partition coefficient (Wildman–Crippen LogP) is 4.02. The van der Waals surface area contributed by atoms with Crippen LogP contribution in [0.5, 0.6) is 0 Å². The van der Waals surface area contributed by atoms with Crippen LogP contribution in [0, 0.1) is 0 Å². The van der Waals surface area contributed by atoms with E-state index in [4.69, 9.17) is 4.42 Å². The molecule has 0 atom stereocenters. The second-order valence-electron chi connectivity index (χ2n) is 3.12. The van der Waals surface area contributed by atoms with Crippen LogP contribution in [-0.4, -0.2) is 0 Å². The van der Waals surface area contributed by atoms with Crippen molar-refractivity contribution in [3.05, 3.63) is 65.0 Å². The average molecular weight is 228 g/mol. The minimum absolute atomic E-state index is 0.327. The van der Waals surface area contributed by atoms with E-state index >= 15 is 0 Å². The van der Waals surface area contributed by atoms with Crippen LogP contribution in [0.1, 0.15) is 19.4 Å². The molecule has 0 fully saturated rings. The average Bonchev–Trinajstić information content (AvgIpc) is 2.38. The Morgan fingerprint density at radius 3 is 2.65 bits per heavy atom. The SMILES string of the molecule is C=CC=Cc1cc2ccccc2oc1=O.CC. The molecule has 1 heterocycles. The normalized spacial score (nSPS) is 10.0. The number of fused-ring (bicyclic) bond motifs is 1. The van der Waals surface area contributed by atoms with Gasteiger partial charge in [-0.05, 0) is 18.2 Å². The van der Waals surface area contributed by atoms with E-state index in [0.717, 1.165) is 5.39 Å². The van der Waals surface area contributed by atoms with Gasteiger partial charge in [0.05, 0.1) is 5.56 Å². The Morgan fingerprint density at radius 1 is 1.24 bits per heavy atom. The lowest BCUT2D eigenvalue weighted by Gasteiger charge is -1.96. The van der Waals surface area contributed by atoms with Gasteiger partial charge < -0.3 is 4.42 Å². The molecule has 0 amide bonds. The first-order chi connectivity index (χ1) is 8.31. The Balaban J connectivity index is 0.000000686. The zero-order valence-corrected chi connectivity index (χ0v) is 10.1. The summed E-state index contributed by atoms with van der Waals surface area (Å²) in [6.07, 6.45) is 5.01. The van der Waals surface area contributed by atoms with Gasteiger partial charge in [-0.15, -0.1) is 0 Å². The van der Waals surface area contributed by atoms with Crippen LogP contribution in [-0.2, 0) is 0 Å². The van der Waals surface area contributed by atoms with Gasteiger partial charge >= 0.3 is 5.63 Å². The number of para-hydroxylation sites is 1. The molecule has 0 aliphatic heterocycles. The largest absolute Gasteiger partial charge is 0.422 e. The lowest BCUT2D eigenvalue weighted by molar-refractivity contribution is 0.559. The maximum atomic E-state index is 11.5. The van der Waals surface area contributed by atoms with Gasteiger partial charge in [-0.1, -0.05) is 50.8 Å². The minimum atomic E-state index is -0.327. The molecule has 0 aliphatic carbocycles. The van der Waals surface area contributed by atoms with Crippen molar-refractivity contribution in [1.82, 2.24) is 0 Å². The van der Waals surface area contributed by atoms with E-state index in [0.29, 0.717) is 11.1 Å². The van der Waals surface area contributed by atoms with Crippen molar-refractivity contribution < 1.29 is 4.42 Å². The van der Waals surface area contributed by atoms with E-state index in [-0.39, 0.29) is 5.63 Å². The van der Waals surface area contributed by atoms with Gasteiger partial charge in [-0.25, -0.2) is 4.79 Å². The van der Waals surface area contributed by atoms with E-state index in [1.807, 2.05) is 32.0 Å². The summed E-state index contributed by atoms with van der Waals surface area (Å²) in [5.74, 6) is 0. The van der Waals surface area contributed by atoms with Crippen molar-refractivity contribution in [1.29, 1.82) is 0 Å². The molecule has 0 spiro atoms. The Hall–Kier alpha value is -2.09. The molecule has 0 saturated carbocycles. The lowest BCUT2D eigenvalue weighted by atomic mass is 10.2. The molecule has 2 heteroatoms. The number of rotatable bonds is 2. The third-order valence-electron chi connectivity index (χ3n) is 2.08. The highest BCUT2D eigenvalue weighted by Crippen LogP contribution is 2.13. The zero-order valence-electron chi connectivity index (χ0n) is 10.1. The van der Waals surface area contributed by atoms with E-state index in [9.17, 15) is 4.79 Å². The molecule has 0 N–H and O–H groups in total. The molecule has 88 valence electrons. The molecule has 0 bridgehead atoms. The fraction of sp³-hybridized carbons (Fsp3) is 0.133. The summed E-state index contributed by atoms with van der Waals surface area (Å²) in [4.78, 5) is 11.5. The first-order valence-corrected chi connectivity index (χ1v) is 5.63. The van der Waals surface area contributed by atoms with Crippen molar-refractivity contribution in [2.75, 3.05) is 0 Å². The summed E-state index contributed by atoms with van der Waals surface area (Å²) in [6, 6.07) is 9.23. The number of benzene rings is 1. The van der Waals surface area contributed by atoms with E-state index in [1.54, 1.807) is 30.4 Å². The smallest absolute Gasteiger partial charge is 0.343 e. The summed E-state index contributed by atoms with van der Waals surface area (Å²) < 4.78 is 5.15. The monoisotopic (exact) mass is 228 g/mol. The Morgan fingerprint density at radius 2 is 1.94 bits per heavy atom. The number of hydrogen-bond donors (Lipinski definition) is 0. The van der Waals surface area contributed by atoms with Crippen LogP contribution in [0.2, 0.25) is 0 Å². The van der Waals surface area contributed by atoms with Crippen LogP contribution in [0.25, 0.3) is 17.0 Å². The van der Waals surface area contributed by atoms with Crippen LogP contribution < -0.4 is 5.63 Å². The topological polar surface area (TPSA) is 30.2 Å². The Bertz CT molecular complexity index is 577. The van der Waals surface area contributed by atoms with Crippen LogP contribution in [0.4, 0.5) is 0 Å². The Kier molecular flexibility index (Phi) is 4.95. The molecule has 1 aromatic carbocycles. The van der Waals surface area contributed by atoms with Crippen molar-refractivity contribution in [2.24, 2.45) is 0 Å². The van der Waals surface area contributed by atoms with Crippen LogP contribution in [0.3, 0.4) is 0 Å². The van der Waals surface area contributed by atoms with Crippen molar-refractivity contribution in [3.63, 3.8) is 0 Å². The van der Waals surface area contributed by atoms with Gasteiger partial charge in [0.2, 0.25) is 0 Å². The van der Waals surface area contributed by atoms with Gasteiger partial charge in [0.1, 0.15) is 5.58 Å². The minimum Gasteiger partial charge on any atom is -0.422 e. The van der Waals surface area contributed by atoms with Crippen molar-refractivity contribution in [2.45, 2.75) is 13.8 Å². The van der Waals surface area contributed by atoms with Gasteiger partial charge in [0.15, 0.2) is 0 Å². The molecular formula is C15H16O2. The van der Waals surface area contributed by atoms with Crippen LogP contribution in [0.15, 0.2) is 58.3 Å². The van der Waals surface area contributed by atoms with E-state index < -0.39 is 0 Å². The third-order valence-corrected chi connectivity index (χ3v) is 2.08. The molecule has 0 radical (unpaired) electrons. The van der Waals surface area contributed by atoms with Gasteiger partial charge in [0, 0.05) is 5.39 Å². The quantitative estimate of drug-likeness (QED) is 0.574. The van der Waals surface area contributed by atoms with Gasteiger partial charge in [-0.3, -0.25) is 0 Å². The standard InChI is InChI=1S/C13H10O2.C2H6/c1-2-3-6-11-9-10-7-4-5-8-12(10)15-13(11)14;1-2/h2-9H,1H2;1-2H3. The molecule has 0 aliphatic rings. The highest BCUT2D eigenvalue weighted by Gasteiger charge is 2.00. The summed E-state index contributed by atoms with van der Waals surface area (Å²) >= 11 is 0. The van der Waals surface area contributed by atoms with Crippen molar-refractivity contribution >= 4 is 17.0 Å². The molecule has 0 unspecified atom stereocenters. The lowest BCUT2D eigenvalue weighted by Crippen LogP contribution is -2.01. The number of allylic oxidation sites excluding steroid dienone is 2. The Labute approximate surface area is 101 Å². The second-order valence-corrected chi connectivity index (χ2v) is 3.12. The molecular weight excluding hydrogens is 212 g/mol. The maximum absolute atomic E-state index is 11.5. The first kappa shape index (κ1) is 13.0. The summed E-state index contributed by atoms with van der Waals surface area (Å²) in [5.41, 5.74) is 0.818. The summed E-state index contributed by atoms with van der Waals surface area (Å²) in [5, 5.41) is 0.917. The van der Waals surface area contributed by atoms with Crippen LogP contribution >= 0.6 is 0 Å². The number of hydrogen-bond acceptors (Lipinski definition) is 2. The van der Waals surface area contributed by atoms with E-state index in [1.165, 1.54) is 0 Å². The molecule has 1 aromatic heterocycles. The fourth-order valence-corrected chi connectivity index (χ4v) is 1.37. The molecule has 2 nitrogen and oxygen atoms in total. The van der Waals surface area contributed by atoms with E-state index in [2.05, 4.69) is 6.58 Å². The maximum Gasteiger partial charge on any atom is 0.343 e. The fourth-order valence-electron chi connectivity index (χ4n) is 1.37.